The quantitative estimate of drug-likeness (QED) is 0.392. The maximum absolute atomic E-state index is 6.41. The second-order valence-electron chi connectivity index (χ2n) is 6.78. The number of rotatable bonds is 4. The molecule has 0 radical (unpaired) electrons. The lowest BCUT2D eigenvalue weighted by atomic mass is 10.0. The van der Waals surface area contributed by atoms with Gasteiger partial charge in [-0.1, -0.05) is 64.8 Å². The molecule has 140 valence electrons. The predicted molar refractivity (Wildman–Crippen MR) is 117 cm³/mol. The molecule has 3 aromatic rings. The van der Waals surface area contributed by atoms with Gasteiger partial charge in [0.25, 0.3) is 0 Å². The highest BCUT2D eigenvalue weighted by molar-refractivity contribution is 6.35. The molecule has 1 aliphatic carbocycles. The van der Waals surface area contributed by atoms with E-state index in [9.17, 15) is 0 Å². The second kappa shape index (κ2) is 8.50. The maximum Gasteiger partial charge on any atom is 0.121 e. The van der Waals surface area contributed by atoms with Crippen molar-refractivity contribution in [1.82, 2.24) is 0 Å². The van der Waals surface area contributed by atoms with Gasteiger partial charge in [-0.3, -0.25) is 0 Å². The third kappa shape index (κ3) is 4.65. The molecule has 0 spiro atoms. The Bertz CT molecular complexity index is 1060. The molecule has 1 saturated carbocycles. The van der Waals surface area contributed by atoms with Crippen molar-refractivity contribution in [3.8, 4) is 17.6 Å². The molecule has 0 bridgehead atoms. The fourth-order valence-electron chi connectivity index (χ4n) is 3.10. The number of benzene rings is 3. The largest absolute Gasteiger partial charge is 0.489 e. The average Bonchev–Trinajstić information content (AvgIpc) is 3.51. The van der Waals surface area contributed by atoms with Crippen LogP contribution in [0.1, 0.15) is 41.0 Å². The van der Waals surface area contributed by atoms with Crippen molar-refractivity contribution in [2.75, 3.05) is 0 Å². The van der Waals surface area contributed by atoms with Crippen molar-refractivity contribution in [2.24, 2.45) is 0 Å². The number of hydrogen-bond donors (Lipinski definition) is 0. The van der Waals surface area contributed by atoms with Crippen molar-refractivity contribution in [2.45, 2.75) is 25.4 Å². The molecule has 0 aliphatic heterocycles. The fraction of sp³-hybridized carbons (Fsp3) is 0.167. The van der Waals surface area contributed by atoms with E-state index in [1.807, 2.05) is 48.5 Å². The summed E-state index contributed by atoms with van der Waals surface area (Å²) in [4.78, 5) is 0. The Morgan fingerprint density at radius 2 is 1.64 bits per heavy atom. The molecular weight excluding hydrogens is 411 g/mol. The molecule has 0 saturated heterocycles. The van der Waals surface area contributed by atoms with Crippen molar-refractivity contribution in [3.63, 3.8) is 0 Å². The van der Waals surface area contributed by atoms with Crippen LogP contribution in [0.2, 0.25) is 15.1 Å². The van der Waals surface area contributed by atoms with Gasteiger partial charge in [-0.15, -0.1) is 0 Å². The molecule has 0 unspecified atom stereocenters. The van der Waals surface area contributed by atoms with Gasteiger partial charge in [0, 0.05) is 27.2 Å². The summed E-state index contributed by atoms with van der Waals surface area (Å²) >= 11 is 19.0. The lowest BCUT2D eigenvalue weighted by Crippen LogP contribution is -2.01. The molecule has 1 nitrogen and oxygen atoms in total. The maximum atomic E-state index is 6.41. The van der Waals surface area contributed by atoms with Crippen LogP contribution in [0.25, 0.3) is 0 Å². The Balaban J connectivity index is 1.50. The molecule has 0 heterocycles. The molecule has 0 N–H and O–H groups in total. The van der Waals surface area contributed by atoms with E-state index in [1.54, 1.807) is 12.1 Å². The topological polar surface area (TPSA) is 9.23 Å². The van der Waals surface area contributed by atoms with E-state index < -0.39 is 0 Å². The summed E-state index contributed by atoms with van der Waals surface area (Å²) in [5.74, 6) is 7.42. The first-order chi connectivity index (χ1) is 13.6. The molecule has 0 atom stereocenters. The molecule has 1 aliphatic rings. The molecule has 3 aromatic carbocycles. The smallest absolute Gasteiger partial charge is 0.121 e. The monoisotopic (exact) mass is 426 g/mol. The van der Waals surface area contributed by atoms with Crippen molar-refractivity contribution < 1.29 is 4.74 Å². The van der Waals surface area contributed by atoms with Gasteiger partial charge in [0.1, 0.15) is 12.4 Å². The zero-order chi connectivity index (χ0) is 19.5. The SMILES string of the molecule is Clc1cc(Cl)c(C2CC2)c(COc2ccc(C#Cc3ccccc3)c(Cl)c2)c1. The van der Waals surface area contributed by atoms with Crippen LogP contribution in [0.5, 0.6) is 5.75 Å². The van der Waals surface area contributed by atoms with Gasteiger partial charge in [-0.25, -0.2) is 0 Å². The van der Waals surface area contributed by atoms with Gasteiger partial charge in [-0.05, 0) is 66.3 Å². The Morgan fingerprint density at radius 1 is 0.857 bits per heavy atom. The normalized spacial score (nSPS) is 13.0. The van der Waals surface area contributed by atoms with Crippen LogP contribution in [-0.4, -0.2) is 0 Å². The summed E-state index contributed by atoms with van der Waals surface area (Å²) in [6.07, 6.45) is 2.32. The van der Waals surface area contributed by atoms with Crippen LogP contribution in [0.4, 0.5) is 0 Å². The zero-order valence-electron chi connectivity index (χ0n) is 15.0. The summed E-state index contributed by atoms with van der Waals surface area (Å²) < 4.78 is 5.97. The third-order valence-corrected chi connectivity index (χ3v) is 5.46. The Hall–Kier alpha value is -2.11. The van der Waals surface area contributed by atoms with Crippen LogP contribution in [-0.2, 0) is 6.61 Å². The summed E-state index contributed by atoms with van der Waals surface area (Å²) in [6, 6.07) is 19.1. The first-order valence-electron chi connectivity index (χ1n) is 9.07. The molecule has 1 fully saturated rings. The number of ether oxygens (including phenoxy) is 1. The van der Waals surface area contributed by atoms with Crippen molar-refractivity contribution in [3.05, 3.63) is 98.0 Å². The van der Waals surface area contributed by atoms with Crippen LogP contribution < -0.4 is 4.74 Å². The Labute approximate surface area is 180 Å². The van der Waals surface area contributed by atoms with E-state index in [0.717, 1.165) is 40.1 Å². The minimum absolute atomic E-state index is 0.400. The first-order valence-corrected chi connectivity index (χ1v) is 10.2. The van der Waals surface area contributed by atoms with Gasteiger partial charge in [-0.2, -0.15) is 0 Å². The second-order valence-corrected chi connectivity index (χ2v) is 8.03. The van der Waals surface area contributed by atoms with Gasteiger partial charge in [0.2, 0.25) is 0 Å². The number of hydrogen-bond acceptors (Lipinski definition) is 1. The molecule has 0 amide bonds. The molecule has 4 heteroatoms. The number of halogens is 3. The van der Waals surface area contributed by atoms with Gasteiger partial charge >= 0.3 is 0 Å². The van der Waals surface area contributed by atoms with Crippen LogP contribution in [0, 0.1) is 11.8 Å². The summed E-state index contributed by atoms with van der Waals surface area (Å²) in [5.41, 5.74) is 3.90. The van der Waals surface area contributed by atoms with Crippen LogP contribution in [0.3, 0.4) is 0 Å². The molecule has 28 heavy (non-hydrogen) atoms. The zero-order valence-corrected chi connectivity index (χ0v) is 17.3. The highest BCUT2D eigenvalue weighted by Gasteiger charge is 2.28. The molecule has 0 aromatic heterocycles. The van der Waals surface area contributed by atoms with E-state index >= 15 is 0 Å². The van der Waals surface area contributed by atoms with E-state index in [2.05, 4.69) is 11.8 Å². The van der Waals surface area contributed by atoms with Crippen LogP contribution >= 0.6 is 34.8 Å². The first kappa shape index (κ1) is 19.2. The van der Waals surface area contributed by atoms with Crippen molar-refractivity contribution >= 4 is 34.8 Å². The summed E-state index contributed by atoms with van der Waals surface area (Å²) in [6.45, 7) is 0.400. The molecular formula is C24H17Cl3O. The average molecular weight is 428 g/mol. The van der Waals surface area contributed by atoms with E-state index in [1.165, 1.54) is 0 Å². The highest BCUT2D eigenvalue weighted by atomic mass is 35.5. The lowest BCUT2D eigenvalue weighted by molar-refractivity contribution is 0.305. The van der Waals surface area contributed by atoms with Gasteiger partial charge in [0.15, 0.2) is 0 Å². The van der Waals surface area contributed by atoms with Gasteiger partial charge in [0.05, 0.1) is 5.02 Å². The van der Waals surface area contributed by atoms with E-state index in [4.69, 9.17) is 39.5 Å². The minimum Gasteiger partial charge on any atom is -0.489 e. The Kier molecular flexibility index (Phi) is 5.83. The third-order valence-electron chi connectivity index (χ3n) is 4.62. The predicted octanol–water partition coefficient (Wildman–Crippen LogP) is 7.50. The van der Waals surface area contributed by atoms with Gasteiger partial charge < -0.3 is 4.74 Å². The van der Waals surface area contributed by atoms with Crippen molar-refractivity contribution in [1.29, 1.82) is 0 Å². The van der Waals surface area contributed by atoms with E-state index in [0.29, 0.717) is 28.3 Å². The highest BCUT2D eigenvalue weighted by Crippen LogP contribution is 2.46. The fourth-order valence-corrected chi connectivity index (χ4v) is 4.00. The minimum atomic E-state index is 0.400. The lowest BCUT2D eigenvalue weighted by Gasteiger charge is -2.13. The summed E-state index contributed by atoms with van der Waals surface area (Å²) in [5, 5.41) is 1.91. The summed E-state index contributed by atoms with van der Waals surface area (Å²) in [7, 11) is 0. The van der Waals surface area contributed by atoms with E-state index in [-0.39, 0.29) is 0 Å². The van der Waals surface area contributed by atoms with Crippen LogP contribution in [0.15, 0.2) is 60.7 Å². The Morgan fingerprint density at radius 3 is 2.36 bits per heavy atom. The molecule has 4 rings (SSSR count). The standard InChI is InChI=1S/C24H17Cl3O/c25-20-12-19(24(18-8-9-18)23(27)13-20)15-28-21-11-10-17(22(26)14-21)7-6-16-4-2-1-3-5-16/h1-5,10-14,18H,8-9,15H2.